The molecule has 6 atom stereocenters. The largest absolute Gasteiger partial charge is 0.488 e. The fourth-order valence-electron chi connectivity index (χ4n) is 9.56. The highest BCUT2D eigenvalue weighted by Gasteiger charge is 2.43. The number of aromatic nitrogens is 4. The lowest BCUT2D eigenvalue weighted by atomic mass is 9.92. The molecule has 5 N–H and O–H groups in total. The molecule has 17 heteroatoms. The van der Waals surface area contributed by atoms with E-state index in [1.807, 2.05) is 71.0 Å². The van der Waals surface area contributed by atoms with Gasteiger partial charge >= 0.3 is 12.2 Å². The van der Waals surface area contributed by atoms with Gasteiger partial charge in [-0.15, -0.1) is 0 Å². The summed E-state index contributed by atoms with van der Waals surface area (Å²) >= 11 is 0. The fraction of sp³-hybridized carbons (Fsp3) is 0.457. The number of fused-ring (bicyclic) bond motifs is 6. The maximum atomic E-state index is 14.0. The summed E-state index contributed by atoms with van der Waals surface area (Å²) in [6.45, 7) is 10.5. The Bertz CT molecular complexity index is 2650. The number of hydrogen-bond donors (Lipinski definition) is 5. The van der Waals surface area contributed by atoms with E-state index in [0.29, 0.717) is 49.1 Å². The molecule has 4 amide bonds. The van der Waals surface area contributed by atoms with Crippen LogP contribution in [0.1, 0.15) is 88.9 Å². The van der Waals surface area contributed by atoms with Crippen LogP contribution in [0.4, 0.5) is 9.59 Å². The first-order chi connectivity index (χ1) is 30.2. The van der Waals surface area contributed by atoms with Gasteiger partial charge in [0.2, 0.25) is 11.8 Å². The van der Waals surface area contributed by atoms with E-state index in [1.165, 1.54) is 7.11 Å². The highest BCUT2D eigenvalue weighted by Crippen LogP contribution is 2.44. The second-order valence-electron chi connectivity index (χ2n) is 17.5. The molecular formula is C46H53N9O8. The molecule has 330 valence electrons. The fourth-order valence-corrected chi connectivity index (χ4v) is 9.56. The van der Waals surface area contributed by atoms with Crippen molar-refractivity contribution in [3.05, 3.63) is 65.4 Å². The number of amides is 4. The number of hydrogen-bond acceptors (Lipinski definition) is 10. The molecule has 8 rings (SSSR count). The van der Waals surface area contributed by atoms with Crippen LogP contribution in [-0.2, 0) is 25.7 Å². The molecule has 2 saturated heterocycles. The van der Waals surface area contributed by atoms with E-state index in [-0.39, 0.29) is 54.0 Å². The highest BCUT2D eigenvalue weighted by molar-refractivity contribution is 6.07. The Morgan fingerprint density at radius 3 is 2.38 bits per heavy atom. The number of methoxy groups -OCH3 is 2. The maximum absolute atomic E-state index is 14.0. The number of carboxylic acid groups (broad SMARTS) is 1. The van der Waals surface area contributed by atoms with E-state index in [9.17, 15) is 29.5 Å². The Balaban J connectivity index is 1.08. The second-order valence-corrected chi connectivity index (χ2v) is 17.5. The predicted octanol–water partition coefficient (Wildman–Crippen LogP) is 6.80. The van der Waals surface area contributed by atoms with Gasteiger partial charge in [-0.3, -0.25) is 9.59 Å². The van der Waals surface area contributed by atoms with Gasteiger partial charge in [-0.2, -0.15) is 5.26 Å². The molecule has 0 spiro atoms. The first-order valence-corrected chi connectivity index (χ1v) is 21.4. The smallest absolute Gasteiger partial charge is 0.407 e. The summed E-state index contributed by atoms with van der Waals surface area (Å²) < 4.78 is 16.7. The van der Waals surface area contributed by atoms with E-state index in [0.717, 1.165) is 50.5 Å². The summed E-state index contributed by atoms with van der Waals surface area (Å²) in [6, 6.07) is 13.7. The lowest BCUT2D eigenvalue weighted by molar-refractivity contribution is -0.137. The minimum atomic E-state index is -1.23. The van der Waals surface area contributed by atoms with Gasteiger partial charge < -0.3 is 49.7 Å². The molecule has 0 bridgehead atoms. The SMILES string of the molecule is COC[C@H]1C[C@@H](c2nc(C#N)c(-c3ccc4c(c3)COc3cc5c(ccc6nc([C@@H]7CC[C@H](C)N7C(=O)[C@@H](NC(=O)O)C(C)C)[nH]c65)cc3-4)[nH]2)N(C(=O)[C@@H](NC(=O)OC)C(C)C)C1. The average molecular weight is 860 g/mol. The Hall–Kier alpha value is -6.67. The van der Waals surface area contributed by atoms with E-state index >= 15 is 0 Å². The van der Waals surface area contributed by atoms with Crippen molar-refractivity contribution >= 4 is 45.8 Å². The van der Waals surface area contributed by atoms with Crippen molar-refractivity contribution in [2.24, 2.45) is 17.8 Å². The molecule has 3 aliphatic rings. The van der Waals surface area contributed by atoms with Crippen LogP contribution >= 0.6 is 0 Å². The van der Waals surface area contributed by atoms with Crippen molar-refractivity contribution in [2.75, 3.05) is 27.4 Å². The number of carbonyl (C=O) groups excluding carboxylic acids is 3. The number of nitrogens with zero attached hydrogens (tertiary/aromatic N) is 5. The first kappa shape index (κ1) is 43.0. The lowest BCUT2D eigenvalue weighted by Crippen LogP contribution is -2.52. The van der Waals surface area contributed by atoms with Crippen LogP contribution in [0.5, 0.6) is 5.75 Å². The van der Waals surface area contributed by atoms with Crippen molar-refractivity contribution in [3.8, 4) is 34.2 Å². The van der Waals surface area contributed by atoms with Crippen LogP contribution in [0, 0.1) is 29.1 Å². The number of H-pyrrole nitrogens is 2. The van der Waals surface area contributed by atoms with Crippen molar-refractivity contribution in [1.29, 1.82) is 5.26 Å². The molecule has 0 radical (unpaired) electrons. The van der Waals surface area contributed by atoms with Crippen molar-refractivity contribution < 1.29 is 38.5 Å². The number of ether oxygens (including phenoxy) is 3. The van der Waals surface area contributed by atoms with Gasteiger partial charge in [0.1, 0.15) is 42.2 Å². The number of nitriles is 1. The molecule has 0 aliphatic carbocycles. The molecule has 2 fully saturated rings. The molecular weight excluding hydrogens is 807 g/mol. The number of carbonyl (C=O) groups is 4. The van der Waals surface area contributed by atoms with Gasteiger partial charge in [0, 0.05) is 42.1 Å². The standard InChI is InChI=1S/C46H53N9O8/c1-22(2)37(53-46(60)62-7)43(56)54-19-25(20-61-6)14-35(54)42-49-33(18-47)39(50-42)27-9-11-29-28(15-27)21-63-36-17-30-26(16-31(29)36)10-12-32-40(30)51-41(48-32)34-13-8-24(5)55(34)44(57)38(23(3)4)52-45(58)59/h9-12,15-17,22-25,34-35,37-38,52H,8,13-14,19-21H2,1-7H3,(H,48,51)(H,49,50)(H,53,60)(H,58,59)/t24-,25-,34-,35-,37-,38-/m0/s1. The molecule has 3 aromatic carbocycles. The summed E-state index contributed by atoms with van der Waals surface area (Å²) in [5.41, 5.74) is 5.86. The Labute approximate surface area is 364 Å². The van der Waals surface area contributed by atoms with Gasteiger partial charge in [0.25, 0.3) is 0 Å². The van der Waals surface area contributed by atoms with E-state index < -0.39 is 30.3 Å². The zero-order chi connectivity index (χ0) is 44.9. The third-order valence-corrected chi connectivity index (χ3v) is 12.7. The van der Waals surface area contributed by atoms with E-state index in [1.54, 1.807) is 16.9 Å². The molecule has 63 heavy (non-hydrogen) atoms. The first-order valence-electron chi connectivity index (χ1n) is 21.4. The van der Waals surface area contributed by atoms with Gasteiger partial charge in [-0.1, -0.05) is 45.9 Å². The molecule has 17 nitrogen and oxygen atoms in total. The van der Waals surface area contributed by atoms with Crippen LogP contribution in [-0.4, -0.2) is 104 Å². The van der Waals surface area contributed by atoms with Crippen molar-refractivity contribution in [2.45, 2.75) is 90.7 Å². The summed E-state index contributed by atoms with van der Waals surface area (Å²) in [7, 11) is 2.88. The number of benzene rings is 3. The van der Waals surface area contributed by atoms with Crippen LogP contribution < -0.4 is 15.4 Å². The number of imidazole rings is 2. The summed E-state index contributed by atoms with van der Waals surface area (Å²) in [6.07, 6.45) is 0.0828. The normalized spacial score (nSPS) is 20.3. The zero-order valence-corrected chi connectivity index (χ0v) is 36.4. The summed E-state index contributed by atoms with van der Waals surface area (Å²) in [5.74, 6) is 0.872. The minimum absolute atomic E-state index is 0.0156. The van der Waals surface area contributed by atoms with Crippen LogP contribution in [0.25, 0.3) is 44.2 Å². The highest BCUT2D eigenvalue weighted by atomic mass is 16.5. The van der Waals surface area contributed by atoms with E-state index in [2.05, 4.69) is 32.7 Å². The minimum Gasteiger partial charge on any atom is -0.488 e. The molecule has 2 aromatic heterocycles. The van der Waals surface area contributed by atoms with Gasteiger partial charge in [-0.25, -0.2) is 19.6 Å². The monoisotopic (exact) mass is 859 g/mol. The number of aromatic amines is 2. The molecule has 3 aliphatic heterocycles. The quantitative estimate of drug-likeness (QED) is 0.0928. The number of likely N-dealkylation sites (tertiary alicyclic amines) is 2. The number of rotatable bonds is 11. The van der Waals surface area contributed by atoms with Crippen LogP contribution in [0.2, 0.25) is 0 Å². The lowest BCUT2D eigenvalue weighted by Gasteiger charge is -2.32. The Morgan fingerprint density at radius 1 is 0.937 bits per heavy atom. The van der Waals surface area contributed by atoms with Crippen LogP contribution in [0.3, 0.4) is 0 Å². The molecule has 0 saturated carbocycles. The van der Waals surface area contributed by atoms with Crippen molar-refractivity contribution in [3.63, 3.8) is 0 Å². The Kier molecular flexibility index (Phi) is 11.8. The molecule has 5 aromatic rings. The van der Waals surface area contributed by atoms with Crippen molar-refractivity contribution in [1.82, 2.24) is 40.4 Å². The third-order valence-electron chi connectivity index (χ3n) is 12.7. The van der Waals surface area contributed by atoms with Gasteiger partial charge in [-0.05, 0) is 78.8 Å². The summed E-state index contributed by atoms with van der Waals surface area (Å²) in [4.78, 5) is 71.7. The molecule has 5 heterocycles. The van der Waals surface area contributed by atoms with Gasteiger partial charge in [0.15, 0.2) is 5.69 Å². The molecule has 0 unspecified atom stereocenters. The maximum Gasteiger partial charge on any atom is 0.407 e. The number of alkyl carbamates (subject to hydrolysis) is 1. The van der Waals surface area contributed by atoms with Crippen LogP contribution in [0.15, 0.2) is 42.5 Å². The summed E-state index contributed by atoms with van der Waals surface area (Å²) in [5, 5.41) is 26.7. The number of nitrogens with one attached hydrogen (secondary N) is 4. The van der Waals surface area contributed by atoms with E-state index in [4.69, 9.17) is 24.2 Å². The van der Waals surface area contributed by atoms with Gasteiger partial charge in [0.05, 0.1) is 42.5 Å². The second kappa shape index (κ2) is 17.2. The third kappa shape index (κ3) is 7.99. The zero-order valence-electron chi connectivity index (χ0n) is 36.4. The average Bonchev–Trinajstić information content (AvgIpc) is 4.08. The predicted molar refractivity (Wildman–Crippen MR) is 232 cm³/mol. The Morgan fingerprint density at radius 2 is 1.68 bits per heavy atom. The topological polar surface area (TPSA) is 228 Å².